The number of hydrogen-bond donors (Lipinski definition) is 0. The van der Waals surface area contributed by atoms with Crippen molar-refractivity contribution in [2.75, 3.05) is 6.61 Å². The second-order valence-corrected chi connectivity index (χ2v) is 13.8. The second kappa shape index (κ2) is 7.52. The molecule has 0 aromatic rings. The molecule has 0 saturated carbocycles. The summed E-state index contributed by atoms with van der Waals surface area (Å²) >= 11 is 6.40. The minimum Gasteiger partial charge on any atom is -0.463 e. The number of hydrogen-bond acceptors (Lipinski definition) is 6. The average molecular weight is 407 g/mol. The van der Waals surface area contributed by atoms with Crippen LogP contribution in [0.4, 0.5) is 0 Å². The van der Waals surface area contributed by atoms with Gasteiger partial charge in [0.15, 0.2) is 20.4 Å². The van der Waals surface area contributed by atoms with E-state index in [0.29, 0.717) is 0 Å². The molecule has 26 heavy (non-hydrogen) atoms. The molecule has 6 nitrogen and oxygen atoms in total. The van der Waals surface area contributed by atoms with E-state index in [1.54, 1.807) is 6.92 Å². The van der Waals surface area contributed by atoms with E-state index in [9.17, 15) is 4.79 Å². The van der Waals surface area contributed by atoms with Gasteiger partial charge in [-0.05, 0) is 38.9 Å². The molecule has 0 aromatic heterocycles. The average Bonchev–Trinajstić information content (AvgIpc) is 2.91. The molecule has 150 valence electrons. The molecule has 8 heteroatoms. The first-order chi connectivity index (χ1) is 11.8. The van der Waals surface area contributed by atoms with Gasteiger partial charge in [-0.2, -0.15) is 0 Å². The van der Waals surface area contributed by atoms with E-state index in [0.717, 1.165) is 0 Å². The number of rotatable bonds is 5. The van der Waals surface area contributed by atoms with Crippen LogP contribution in [0.3, 0.4) is 0 Å². The van der Waals surface area contributed by atoms with Crippen molar-refractivity contribution in [1.82, 2.24) is 0 Å². The molecule has 0 N–H and O–H groups in total. The predicted octanol–water partition coefficient (Wildman–Crippen LogP) is 3.94. The van der Waals surface area contributed by atoms with Crippen LogP contribution in [-0.4, -0.2) is 51.3 Å². The van der Waals surface area contributed by atoms with Crippen LogP contribution in [0, 0.1) is 0 Å². The Morgan fingerprint density at radius 2 is 1.88 bits per heavy atom. The maximum atomic E-state index is 11.8. The zero-order chi connectivity index (χ0) is 19.9. The summed E-state index contributed by atoms with van der Waals surface area (Å²) in [5.41, 5.74) is 0. The van der Waals surface area contributed by atoms with Crippen LogP contribution < -0.4 is 0 Å². The molecule has 2 fully saturated rings. The first-order valence-electron chi connectivity index (χ1n) is 9.00. The summed E-state index contributed by atoms with van der Waals surface area (Å²) < 4.78 is 29.3. The largest absolute Gasteiger partial charge is 0.463 e. The molecule has 2 aliphatic rings. The Balaban J connectivity index is 2.28. The van der Waals surface area contributed by atoms with Crippen molar-refractivity contribution in [2.45, 2.75) is 90.1 Å². The van der Waals surface area contributed by atoms with Crippen molar-refractivity contribution < 1.29 is 28.2 Å². The molecule has 4 atom stereocenters. The van der Waals surface area contributed by atoms with E-state index < -0.39 is 44.7 Å². The Bertz CT molecular complexity index is 569. The van der Waals surface area contributed by atoms with E-state index in [1.165, 1.54) is 6.08 Å². The summed E-state index contributed by atoms with van der Waals surface area (Å²) in [6.07, 6.45) is -0.853. The number of halogens is 1. The minimum absolute atomic E-state index is 0.00193. The van der Waals surface area contributed by atoms with E-state index in [2.05, 4.69) is 33.9 Å². The molecule has 0 aromatic carbocycles. The van der Waals surface area contributed by atoms with Crippen LogP contribution >= 0.6 is 11.6 Å². The maximum absolute atomic E-state index is 11.8. The van der Waals surface area contributed by atoms with Crippen LogP contribution in [0.15, 0.2) is 11.1 Å². The van der Waals surface area contributed by atoms with Gasteiger partial charge in [-0.3, -0.25) is 0 Å². The molecule has 0 aliphatic carbocycles. The van der Waals surface area contributed by atoms with Gasteiger partial charge >= 0.3 is 5.97 Å². The van der Waals surface area contributed by atoms with Crippen molar-refractivity contribution in [3.8, 4) is 0 Å². The summed E-state index contributed by atoms with van der Waals surface area (Å²) in [7, 11) is -2.14. The standard InChI is InChI=1S/C18H31ClO6Si/c1-9-21-12(20)10-11(19)13-14(25-26(7,8)17(2,3)4)15-16(22-13)24-18(5,6)23-15/h10,13-16H,9H2,1-8H3/b11-10-/t13-,14-,15-,16-/m1/s1. The van der Waals surface area contributed by atoms with Crippen molar-refractivity contribution in [2.24, 2.45) is 0 Å². The van der Waals surface area contributed by atoms with Gasteiger partial charge in [-0.25, -0.2) is 4.79 Å². The highest BCUT2D eigenvalue weighted by atomic mass is 35.5. The highest BCUT2D eigenvalue weighted by Crippen LogP contribution is 2.45. The van der Waals surface area contributed by atoms with Crippen molar-refractivity contribution in [1.29, 1.82) is 0 Å². The van der Waals surface area contributed by atoms with Crippen molar-refractivity contribution >= 4 is 25.9 Å². The molecule has 2 aliphatic heterocycles. The SMILES string of the molecule is CCOC(=O)/C=C(\Cl)[C@H]1O[C@@H]2OC(C)(C)O[C@@H]2[C@@H]1O[Si](C)(C)C(C)(C)C. The highest BCUT2D eigenvalue weighted by Gasteiger charge is 2.58. The molecular weight excluding hydrogens is 376 g/mol. The Kier molecular flexibility index (Phi) is 6.32. The molecule has 0 spiro atoms. The molecule has 2 saturated heterocycles. The normalized spacial score (nSPS) is 31.8. The Morgan fingerprint density at radius 1 is 1.27 bits per heavy atom. The molecule has 0 unspecified atom stereocenters. The van der Waals surface area contributed by atoms with Gasteiger partial charge in [-0.1, -0.05) is 32.4 Å². The monoisotopic (exact) mass is 406 g/mol. The van der Waals surface area contributed by atoms with Crippen molar-refractivity contribution in [3.05, 3.63) is 11.1 Å². The second-order valence-electron chi connectivity index (χ2n) is 8.65. The molecule has 2 heterocycles. The molecule has 0 amide bonds. The smallest absolute Gasteiger partial charge is 0.332 e. The van der Waals surface area contributed by atoms with Gasteiger partial charge < -0.3 is 23.4 Å². The Labute approximate surface area is 162 Å². The topological polar surface area (TPSA) is 63.2 Å². The highest BCUT2D eigenvalue weighted by molar-refractivity contribution is 6.74. The number of fused-ring (bicyclic) bond motifs is 1. The van der Waals surface area contributed by atoms with E-state index >= 15 is 0 Å². The zero-order valence-corrected chi connectivity index (χ0v) is 18.7. The fourth-order valence-corrected chi connectivity index (χ4v) is 4.28. The number of carbonyl (C=O) groups is 1. The van der Waals surface area contributed by atoms with E-state index in [-0.39, 0.29) is 16.7 Å². The first kappa shape index (κ1) is 21.9. The number of carbonyl (C=O) groups excluding carboxylic acids is 1. The summed E-state index contributed by atoms with van der Waals surface area (Å²) in [6, 6.07) is 0. The summed E-state index contributed by atoms with van der Waals surface area (Å²) in [6.45, 7) is 16.5. The van der Waals surface area contributed by atoms with Crippen LogP contribution in [0.2, 0.25) is 18.1 Å². The van der Waals surface area contributed by atoms with Gasteiger partial charge in [0.05, 0.1) is 11.6 Å². The van der Waals surface area contributed by atoms with Gasteiger partial charge in [0, 0.05) is 6.08 Å². The number of esters is 1. The lowest BCUT2D eigenvalue weighted by Gasteiger charge is -2.40. The van der Waals surface area contributed by atoms with E-state index in [4.69, 9.17) is 35.0 Å². The molecule has 0 radical (unpaired) electrons. The van der Waals surface area contributed by atoms with Gasteiger partial charge in [0.1, 0.15) is 18.3 Å². The predicted molar refractivity (Wildman–Crippen MR) is 101 cm³/mol. The third-order valence-electron chi connectivity index (χ3n) is 5.04. The lowest BCUT2D eigenvalue weighted by atomic mass is 10.1. The van der Waals surface area contributed by atoms with E-state index in [1.807, 2.05) is 13.8 Å². The van der Waals surface area contributed by atoms with Crippen LogP contribution in [0.5, 0.6) is 0 Å². The third-order valence-corrected chi connectivity index (χ3v) is 9.84. The Hall–Kier alpha value is -0.443. The quantitative estimate of drug-likeness (QED) is 0.391. The minimum atomic E-state index is -2.14. The molecule has 2 rings (SSSR count). The molecule has 0 bridgehead atoms. The van der Waals surface area contributed by atoms with Crippen molar-refractivity contribution in [3.63, 3.8) is 0 Å². The van der Waals surface area contributed by atoms with Crippen LogP contribution in [-0.2, 0) is 28.2 Å². The Morgan fingerprint density at radius 3 is 2.42 bits per heavy atom. The maximum Gasteiger partial charge on any atom is 0.332 e. The molecular formula is C18H31ClO6Si. The third kappa shape index (κ3) is 4.69. The lowest BCUT2D eigenvalue weighted by Crippen LogP contribution is -2.49. The first-order valence-corrected chi connectivity index (χ1v) is 12.3. The zero-order valence-electron chi connectivity index (χ0n) is 16.9. The number of ether oxygens (including phenoxy) is 4. The van der Waals surface area contributed by atoms with Gasteiger partial charge in [0.25, 0.3) is 0 Å². The summed E-state index contributed by atoms with van der Waals surface area (Å²) in [5, 5.41) is 0.230. The van der Waals surface area contributed by atoms with Gasteiger partial charge in [0.2, 0.25) is 0 Å². The summed E-state index contributed by atoms with van der Waals surface area (Å²) in [5.74, 6) is -1.27. The lowest BCUT2D eigenvalue weighted by molar-refractivity contribution is -0.208. The summed E-state index contributed by atoms with van der Waals surface area (Å²) in [4.78, 5) is 11.8. The van der Waals surface area contributed by atoms with Crippen LogP contribution in [0.25, 0.3) is 0 Å². The fraction of sp³-hybridized carbons (Fsp3) is 0.833. The van der Waals surface area contributed by atoms with Gasteiger partial charge in [-0.15, -0.1) is 0 Å². The van der Waals surface area contributed by atoms with Crippen LogP contribution in [0.1, 0.15) is 41.5 Å². The fourth-order valence-electron chi connectivity index (χ4n) is 2.73.